The van der Waals surface area contributed by atoms with Crippen LogP contribution in [0.25, 0.3) is 10.4 Å². The Kier molecular flexibility index (Phi) is 15.9. The second-order valence-electron chi connectivity index (χ2n) is 10.9. The second-order valence-corrected chi connectivity index (χ2v) is 11.8. The quantitative estimate of drug-likeness (QED) is 0.241. The average Bonchev–Trinajstić information content (AvgIpc) is 3.52. The van der Waals surface area contributed by atoms with Crippen LogP contribution >= 0.6 is 36.2 Å². The molecule has 0 radical (unpaired) electrons. The lowest BCUT2D eigenvalue weighted by Crippen LogP contribution is -2.58. The Morgan fingerprint density at radius 1 is 1.14 bits per heavy atom. The zero-order chi connectivity index (χ0) is 29.3. The molecule has 3 amide bonds. The number of thiazole rings is 1. The summed E-state index contributed by atoms with van der Waals surface area (Å²) in [7, 11) is 0. The molecule has 3 rings (SSSR count). The maximum Gasteiger partial charge on any atom is 0.246 e. The Hall–Kier alpha value is -2.32. The molecule has 1 fully saturated rings. The monoisotopic (exact) mass is 647 g/mol. The molecule has 2 aromatic rings. The molecule has 2 heterocycles. The maximum absolute atomic E-state index is 13.6. The Morgan fingerprint density at radius 2 is 1.81 bits per heavy atom. The fourth-order valence-corrected chi connectivity index (χ4v) is 5.26. The second kappa shape index (κ2) is 17.7. The zero-order valence-electron chi connectivity index (χ0n) is 24.5. The van der Waals surface area contributed by atoms with E-state index in [0.29, 0.717) is 19.8 Å². The molecule has 42 heavy (non-hydrogen) atoms. The van der Waals surface area contributed by atoms with Gasteiger partial charge in [0.15, 0.2) is 0 Å². The molecule has 3 atom stereocenters. The molecule has 5 N–H and O–H groups in total. The molecule has 1 aliphatic heterocycles. The van der Waals surface area contributed by atoms with Crippen molar-refractivity contribution in [2.75, 3.05) is 39.5 Å². The number of halogens is 2. The minimum atomic E-state index is -0.916. The number of aromatic nitrogens is 1. The van der Waals surface area contributed by atoms with Crippen molar-refractivity contribution >= 4 is 53.9 Å². The van der Waals surface area contributed by atoms with E-state index in [1.165, 1.54) is 4.90 Å². The van der Waals surface area contributed by atoms with E-state index in [2.05, 4.69) is 15.6 Å². The molecular weight excluding hydrogens is 605 g/mol. The summed E-state index contributed by atoms with van der Waals surface area (Å²) in [6.45, 7) is 8.85. The number of hydrogen-bond acceptors (Lipinski definition) is 9. The summed E-state index contributed by atoms with van der Waals surface area (Å²) in [4.78, 5) is 46.1. The number of aliphatic hydroxyl groups is 1. The van der Waals surface area contributed by atoms with Gasteiger partial charge in [0.1, 0.15) is 18.7 Å². The van der Waals surface area contributed by atoms with Gasteiger partial charge in [-0.15, -0.1) is 36.2 Å². The van der Waals surface area contributed by atoms with Gasteiger partial charge in [-0.25, -0.2) is 4.98 Å². The van der Waals surface area contributed by atoms with Gasteiger partial charge < -0.3 is 35.8 Å². The van der Waals surface area contributed by atoms with Crippen LogP contribution in [0.2, 0.25) is 0 Å². The summed E-state index contributed by atoms with van der Waals surface area (Å²) in [6.07, 6.45) is -0.715. The molecular formula is C28H43Cl2N5O6S. The molecule has 0 bridgehead atoms. The van der Waals surface area contributed by atoms with Crippen LogP contribution in [-0.4, -0.2) is 90.4 Å². The number of β-amino-alcohol motifs (C(OH)–C–C–N with tert-alkyl or cyclic N) is 1. The van der Waals surface area contributed by atoms with E-state index < -0.39 is 35.4 Å². The summed E-state index contributed by atoms with van der Waals surface area (Å²) < 4.78 is 10.6. The van der Waals surface area contributed by atoms with Crippen molar-refractivity contribution in [1.29, 1.82) is 0 Å². The Morgan fingerprint density at radius 3 is 2.40 bits per heavy atom. The predicted molar refractivity (Wildman–Crippen MR) is 167 cm³/mol. The minimum absolute atomic E-state index is 0. The van der Waals surface area contributed by atoms with Gasteiger partial charge in [0.25, 0.3) is 0 Å². The van der Waals surface area contributed by atoms with Gasteiger partial charge in [0.05, 0.1) is 42.0 Å². The number of nitrogens with two attached hydrogens (primary N) is 1. The summed E-state index contributed by atoms with van der Waals surface area (Å²) in [6, 6.07) is 6.10. The molecule has 1 aromatic heterocycles. The van der Waals surface area contributed by atoms with Crippen molar-refractivity contribution in [3.05, 3.63) is 41.0 Å². The van der Waals surface area contributed by atoms with E-state index in [0.717, 1.165) is 21.7 Å². The summed E-state index contributed by atoms with van der Waals surface area (Å²) >= 11 is 1.58. The van der Waals surface area contributed by atoms with Gasteiger partial charge in [0, 0.05) is 26.1 Å². The molecule has 0 unspecified atom stereocenters. The third-order valence-corrected chi connectivity index (χ3v) is 7.56. The molecule has 0 saturated carbocycles. The number of likely N-dealkylation sites (tertiary alicyclic amines) is 1. The number of ether oxygens (including phenoxy) is 2. The van der Waals surface area contributed by atoms with Crippen molar-refractivity contribution in [2.45, 2.75) is 58.8 Å². The van der Waals surface area contributed by atoms with Crippen LogP contribution in [0.3, 0.4) is 0 Å². The number of carbonyl (C=O) groups is 3. The van der Waals surface area contributed by atoms with E-state index in [1.54, 1.807) is 11.3 Å². The topological polar surface area (TPSA) is 156 Å². The SMILES string of the molecule is Cc1ncsc1-c1ccc(CNC(=O)[C@@H]2C[C@@H](O)CN2C(=O)[C@@H](NC(=O)COCCOCCN)C(C)(C)C)cc1.Cl.Cl. The van der Waals surface area contributed by atoms with Crippen molar-refractivity contribution in [2.24, 2.45) is 11.1 Å². The van der Waals surface area contributed by atoms with E-state index in [9.17, 15) is 19.5 Å². The summed E-state index contributed by atoms with van der Waals surface area (Å²) in [5.74, 6) is -1.23. The molecule has 236 valence electrons. The smallest absolute Gasteiger partial charge is 0.246 e. The lowest BCUT2D eigenvalue weighted by molar-refractivity contribution is -0.144. The fraction of sp³-hybridized carbons (Fsp3) is 0.571. The van der Waals surface area contributed by atoms with Gasteiger partial charge in [0.2, 0.25) is 17.7 Å². The first-order chi connectivity index (χ1) is 19.0. The van der Waals surface area contributed by atoms with Crippen LogP contribution in [0.4, 0.5) is 0 Å². The fourth-order valence-electron chi connectivity index (χ4n) is 4.45. The van der Waals surface area contributed by atoms with Crippen molar-refractivity contribution < 1.29 is 29.0 Å². The van der Waals surface area contributed by atoms with E-state index >= 15 is 0 Å². The standard InChI is InChI=1S/C28H41N5O6S.2ClH/c1-18-24(40-17-31-18)20-7-5-19(6-8-20)14-30-26(36)22-13-21(34)15-33(22)27(37)25(28(2,3)4)32-23(35)16-39-12-11-38-10-9-29;;/h5-8,17,21-22,25,34H,9-16,29H2,1-4H3,(H,30,36)(H,32,35);2*1H/t21-,22+,25-;;/m1../s1. The summed E-state index contributed by atoms with van der Waals surface area (Å²) in [5.41, 5.74) is 9.47. The molecule has 1 aromatic carbocycles. The van der Waals surface area contributed by atoms with Crippen LogP contribution in [-0.2, 0) is 30.4 Å². The lowest BCUT2D eigenvalue weighted by atomic mass is 9.85. The van der Waals surface area contributed by atoms with Crippen molar-refractivity contribution in [3.8, 4) is 10.4 Å². The highest BCUT2D eigenvalue weighted by Gasteiger charge is 2.44. The number of hydrogen-bond donors (Lipinski definition) is 4. The van der Waals surface area contributed by atoms with Crippen molar-refractivity contribution in [3.63, 3.8) is 0 Å². The molecule has 0 spiro atoms. The number of amides is 3. The van der Waals surface area contributed by atoms with Gasteiger partial charge >= 0.3 is 0 Å². The first-order valence-corrected chi connectivity index (χ1v) is 14.3. The van der Waals surface area contributed by atoms with Gasteiger partial charge in [-0.3, -0.25) is 14.4 Å². The van der Waals surface area contributed by atoms with Crippen LogP contribution in [0.5, 0.6) is 0 Å². The maximum atomic E-state index is 13.6. The van der Waals surface area contributed by atoms with E-state index in [4.69, 9.17) is 15.2 Å². The van der Waals surface area contributed by atoms with E-state index in [-0.39, 0.29) is 63.4 Å². The molecule has 1 saturated heterocycles. The van der Waals surface area contributed by atoms with Gasteiger partial charge in [-0.05, 0) is 23.5 Å². The Labute approximate surface area is 263 Å². The number of nitrogens with zero attached hydrogens (tertiary/aromatic N) is 2. The minimum Gasteiger partial charge on any atom is -0.391 e. The number of aliphatic hydroxyl groups excluding tert-OH is 1. The first-order valence-electron chi connectivity index (χ1n) is 13.4. The third kappa shape index (κ3) is 10.7. The Balaban J connectivity index is 0.00000441. The lowest BCUT2D eigenvalue weighted by Gasteiger charge is -2.35. The zero-order valence-corrected chi connectivity index (χ0v) is 26.9. The molecule has 11 nitrogen and oxygen atoms in total. The van der Waals surface area contributed by atoms with Crippen LogP contribution in [0.15, 0.2) is 29.8 Å². The average molecular weight is 649 g/mol. The Bertz CT molecular complexity index is 1140. The van der Waals surface area contributed by atoms with Crippen LogP contribution in [0.1, 0.15) is 38.4 Å². The highest BCUT2D eigenvalue weighted by Crippen LogP contribution is 2.28. The number of rotatable bonds is 13. The molecule has 1 aliphatic rings. The first kappa shape index (κ1) is 37.7. The van der Waals surface area contributed by atoms with Gasteiger partial charge in [-0.2, -0.15) is 0 Å². The molecule has 0 aliphatic carbocycles. The normalized spacial score (nSPS) is 17.1. The number of aryl methyl sites for hydroxylation is 1. The number of nitrogens with one attached hydrogen (secondary N) is 2. The molecule has 14 heteroatoms. The van der Waals surface area contributed by atoms with Crippen molar-refractivity contribution in [1.82, 2.24) is 20.5 Å². The van der Waals surface area contributed by atoms with Crippen LogP contribution in [0, 0.1) is 12.3 Å². The summed E-state index contributed by atoms with van der Waals surface area (Å²) in [5, 5.41) is 16.0. The third-order valence-electron chi connectivity index (χ3n) is 6.58. The predicted octanol–water partition coefficient (Wildman–Crippen LogP) is 2.06. The van der Waals surface area contributed by atoms with Gasteiger partial charge in [-0.1, -0.05) is 45.0 Å². The van der Waals surface area contributed by atoms with Crippen LogP contribution < -0.4 is 16.4 Å². The van der Waals surface area contributed by atoms with E-state index in [1.807, 2.05) is 57.5 Å². The number of benzene rings is 1. The highest BCUT2D eigenvalue weighted by atomic mass is 35.5. The number of carbonyl (C=O) groups excluding carboxylic acids is 3. The largest absolute Gasteiger partial charge is 0.391 e. The highest BCUT2D eigenvalue weighted by molar-refractivity contribution is 7.13.